The number of pyridine rings is 1. The van der Waals surface area contributed by atoms with E-state index in [0.717, 1.165) is 16.8 Å². The maximum Gasteiger partial charge on any atom is 0.235 e. The Balaban J connectivity index is 1.22. The summed E-state index contributed by atoms with van der Waals surface area (Å²) >= 11 is 0. The quantitative estimate of drug-likeness (QED) is 0.196. The van der Waals surface area contributed by atoms with E-state index in [4.69, 9.17) is 0 Å². The first-order valence-corrected chi connectivity index (χ1v) is 15.4. The summed E-state index contributed by atoms with van der Waals surface area (Å²) < 4.78 is 4.86. The number of aromatic nitrogens is 2. The van der Waals surface area contributed by atoms with Gasteiger partial charge in [-0.2, -0.15) is 4.58 Å². The Morgan fingerprint density at radius 1 is 0.644 bits per heavy atom. The van der Waals surface area contributed by atoms with E-state index >= 15 is 0 Å². The van der Waals surface area contributed by atoms with Crippen LogP contribution in [0.1, 0.15) is 5.56 Å². The maximum absolute atomic E-state index is 4.32. The van der Waals surface area contributed by atoms with Gasteiger partial charge < -0.3 is 9.47 Å². The first-order valence-electron chi connectivity index (χ1n) is 15.4. The number of benzene rings is 5. The molecule has 1 atom stereocenters. The molecule has 0 bridgehead atoms. The van der Waals surface area contributed by atoms with Crippen molar-refractivity contribution < 1.29 is 0 Å². The lowest BCUT2D eigenvalue weighted by molar-refractivity contribution is 0.931. The van der Waals surface area contributed by atoms with Gasteiger partial charge in [-0.1, -0.05) is 78.9 Å². The summed E-state index contributed by atoms with van der Waals surface area (Å²) in [6, 6.07) is 46.2. The summed E-state index contributed by atoms with van der Waals surface area (Å²) in [4.78, 5) is 6.88. The zero-order chi connectivity index (χ0) is 29.5. The number of rotatable bonds is 3. The molecule has 0 radical (unpaired) electrons. The van der Waals surface area contributed by atoms with Gasteiger partial charge in [-0.25, -0.2) is 0 Å². The molecule has 0 fully saturated rings. The van der Waals surface area contributed by atoms with Gasteiger partial charge in [0.25, 0.3) is 0 Å². The van der Waals surface area contributed by atoms with E-state index in [9.17, 15) is 0 Å². The molecule has 3 aliphatic rings. The molecule has 2 aromatic heterocycles. The largest absolute Gasteiger partial charge is 0.318 e. The second-order valence-corrected chi connectivity index (χ2v) is 11.9. The van der Waals surface area contributed by atoms with Crippen molar-refractivity contribution in [1.82, 2.24) is 14.1 Å². The van der Waals surface area contributed by atoms with Crippen molar-refractivity contribution in [3.05, 3.63) is 164 Å². The van der Waals surface area contributed by atoms with Gasteiger partial charge in [-0.3, -0.25) is 4.98 Å². The summed E-state index contributed by atoms with van der Waals surface area (Å²) in [5.74, 6) is 0. The molecule has 0 saturated heterocycles. The number of anilines is 2. The van der Waals surface area contributed by atoms with E-state index in [1.165, 1.54) is 61.4 Å². The van der Waals surface area contributed by atoms with E-state index in [2.05, 4.69) is 159 Å². The van der Waals surface area contributed by atoms with Crippen molar-refractivity contribution >= 4 is 55.8 Å². The molecule has 1 aliphatic carbocycles. The van der Waals surface area contributed by atoms with Crippen molar-refractivity contribution in [2.24, 2.45) is 0 Å². The van der Waals surface area contributed by atoms with E-state index in [1.54, 1.807) is 0 Å². The highest BCUT2D eigenvalue weighted by Crippen LogP contribution is 2.53. The van der Waals surface area contributed by atoms with Crippen LogP contribution < -0.4 is 9.48 Å². The number of hydrogen-bond donors (Lipinski definition) is 0. The fourth-order valence-corrected chi connectivity index (χ4v) is 7.62. The molecule has 0 N–H and O–H groups in total. The first-order chi connectivity index (χ1) is 22.3. The Morgan fingerprint density at radius 2 is 1.47 bits per heavy atom. The normalized spacial score (nSPS) is 16.1. The van der Waals surface area contributed by atoms with Gasteiger partial charge in [0, 0.05) is 58.7 Å². The van der Waals surface area contributed by atoms with Gasteiger partial charge in [0.2, 0.25) is 17.1 Å². The Morgan fingerprint density at radius 3 is 2.33 bits per heavy atom. The Kier molecular flexibility index (Phi) is 5.02. The standard InChI is InChI=1S/C41H27N4/c1-2-11-29(12-3-1)44-36-16-6-7-17-37(36)45-40-25-39-33(24-34(40)32-14-8-18-38(44)41(32)45)31-13-4-5-15-35(31)43(39)30-21-19-27(20-22-30)28-10-9-23-42-26-28/h1-26,41H/q+1. The van der Waals surface area contributed by atoms with Crippen LogP contribution in [0.15, 0.2) is 158 Å². The number of para-hydroxylation sites is 4. The molecule has 10 rings (SSSR count). The van der Waals surface area contributed by atoms with Crippen molar-refractivity contribution in [2.75, 3.05) is 4.90 Å². The van der Waals surface area contributed by atoms with Gasteiger partial charge in [-0.05, 0) is 59.2 Å². The second-order valence-electron chi connectivity index (χ2n) is 11.9. The van der Waals surface area contributed by atoms with Crippen molar-refractivity contribution in [3.8, 4) is 16.8 Å². The van der Waals surface area contributed by atoms with Gasteiger partial charge >= 0.3 is 0 Å². The topological polar surface area (TPSA) is 24.1 Å². The van der Waals surface area contributed by atoms with Gasteiger partial charge in [0.1, 0.15) is 11.7 Å². The molecule has 4 heteroatoms. The summed E-state index contributed by atoms with van der Waals surface area (Å²) in [6.07, 6.45) is 10.6. The molecular weight excluding hydrogens is 548 g/mol. The fraction of sp³-hybridized carbons (Fsp3) is 0.0244. The SMILES string of the molecule is C1=CC2=[N+](c3ccccc3)c3ccccc3N3c4cc5c(cc4C(=C1)C23)c1ccccc1n5-c1ccc(-c2cccnc2)cc1. The van der Waals surface area contributed by atoms with Crippen LogP contribution in [0.3, 0.4) is 0 Å². The molecule has 0 spiro atoms. The maximum atomic E-state index is 4.32. The molecule has 45 heavy (non-hydrogen) atoms. The zero-order valence-corrected chi connectivity index (χ0v) is 24.4. The van der Waals surface area contributed by atoms with Crippen LogP contribution in [0.4, 0.5) is 22.7 Å². The molecule has 0 saturated carbocycles. The van der Waals surface area contributed by atoms with E-state index in [0.29, 0.717) is 0 Å². The lowest BCUT2D eigenvalue weighted by Gasteiger charge is -2.32. The second kappa shape index (κ2) is 9.25. The molecule has 1 unspecified atom stereocenters. The lowest BCUT2D eigenvalue weighted by Crippen LogP contribution is -2.43. The number of fused-ring (bicyclic) bond motifs is 8. The highest BCUT2D eigenvalue weighted by molar-refractivity contribution is 6.23. The summed E-state index contributed by atoms with van der Waals surface area (Å²) in [6.45, 7) is 0. The average molecular weight is 576 g/mol. The Bertz CT molecular complexity index is 2410. The summed E-state index contributed by atoms with van der Waals surface area (Å²) in [7, 11) is 0. The van der Waals surface area contributed by atoms with Gasteiger partial charge in [-0.15, -0.1) is 0 Å². The number of hydrogen-bond acceptors (Lipinski definition) is 2. The average Bonchev–Trinajstić information content (AvgIpc) is 3.61. The number of nitrogens with zero attached hydrogens (tertiary/aromatic N) is 4. The van der Waals surface area contributed by atoms with E-state index < -0.39 is 0 Å². The zero-order valence-electron chi connectivity index (χ0n) is 24.4. The Hall–Kier alpha value is -6.00. The van der Waals surface area contributed by atoms with Gasteiger partial charge in [0.05, 0.1) is 16.7 Å². The van der Waals surface area contributed by atoms with Crippen LogP contribution in [0.2, 0.25) is 0 Å². The van der Waals surface area contributed by atoms with Crippen molar-refractivity contribution in [3.63, 3.8) is 0 Å². The summed E-state index contributed by atoms with van der Waals surface area (Å²) in [5.41, 5.74) is 14.6. The molecule has 0 amide bonds. The minimum atomic E-state index is 0.102. The molecule has 4 nitrogen and oxygen atoms in total. The third-order valence-corrected chi connectivity index (χ3v) is 9.51. The van der Waals surface area contributed by atoms with Crippen LogP contribution in [-0.4, -0.2) is 21.3 Å². The monoisotopic (exact) mass is 575 g/mol. The van der Waals surface area contributed by atoms with Crippen LogP contribution in [0.25, 0.3) is 44.2 Å². The van der Waals surface area contributed by atoms with Crippen LogP contribution in [-0.2, 0) is 0 Å². The van der Waals surface area contributed by atoms with Crippen LogP contribution >= 0.6 is 0 Å². The highest BCUT2D eigenvalue weighted by Gasteiger charge is 2.48. The van der Waals surface area contributed by atoms with Gasteiger partial charge in [0.15, 0.2) is 0 Å². The van der Waals surface area contributed by atoms with E-state index in [-0.39, 0.29) is 6.04 Å². The lowest BCUT2D eigenvalue weighted by atomic mass is 9.91. The highest BCUT2D eigenvalue weighted by atomic mass is 15.3. The molecule has 5 aromatic carbocycles. The van der Waals surface area contributed by atoms with Crippen molar-refractivity contribution in [2.45, 2.75) is 6.04 Å². The summed E-state index contributed by atoms with van der Waals surface area (Å²) in [5, 5.41) is 2.53. The fourth-order valence-electron chi connectivity index (χ4n) is 7.62. The minimum absolute atomic E-state index is 0.102. The molecule has 4 heterocycles. The number of allylic oxidation sites excluding steroid dienone is 2. The van der Waals surface area contributed by atoms with Crippen LogP contribution in [0.5, 0.6) is 0 Å². The molecular formula is C41H27N4+. The first kappa shape index (κ1) is 24.4. The molecule has 7 aromatic rings. The van der Waals surface area contributed by atoms with Crippen LogP contribution in [0, 0.1) is 0 Å². The van der Waals surface area contributed by atoms with E-state index in [1.807, 2.05) is 18.5 Å². The minimum Gasteiger partial charge on any atom is -0.318 e. The Labute approximate surface area is 260 Å². The van der Waals surface area contributed by atoms with Crippen molar-refractivity contribution in [1.29, 1.82) is 0 Å². The third-order valence-electron chi connectivity index (χ3n) is 9.51. The third kappa shape index (κ3) is 3.42. The molecule has 210 valence electrons. The molecule has 2 aliphatic heterocycles. The predicted molar refractivity (Wildman–Crippen MR) is 186 cm³/mol. The smallest absolute Gasteiger partial charge is 0.235 e. The predicted octanol–water partition coefficient (Wildman–Crippen LogP) is 9.61.